The van der Waals surface area contributed by atoms with E-state index in [1.54, 1.807) is 13.8 Å². The molecule has 174 valence electrons. The van der Waals surface area contributed by atoms with Crippen LogP contribution in [0.4, 0.5) is 0 Å². The molecule has 2 aromatic rings. The largest absolute Gasteiger partial charge is 0.508 e. The molecule has 5 N–H and O–H groups in total. The number of ketones is 1. The molecule has 0 spiro atoms. The summed E-state index contributed by atoms with van der Waals surface area (Å²) in [6.45, 7) is 2.94. The highest BCUT2D eigenvalue weighted by Crippen LogP contribution is 2.46. The topological polar surface area (TPSA) is 155 Å². The SMILES string of the molecule is CO[C@H]1[C@H](O)[C@@H](O)[C@@H](Oc2cc(O)cc3cc4c(c(O)c23)C(=O)[C@@H](C)[C@H](C)O4)O[C@@H]1CO. The molecule has 0 amide bonds. The number of Topliss-reactive ketones (excluding diaryl/α,β-unsaturated/α-hetero) is 1. The third-order valence-corrected chi connectivity index (χ3v) is 6.14. The second-order valence-electron chi connectivity index (χ2n) is 8.14. The molecule has 10 nitrogen and oxygen atoms in total. The number of hydrogen-bond acceptors (Lipinski definition) is 10. The van der Waals surface area contributed by atoms with Crippen molar-refractivity contribution in [2.75, 3.05) is 13.7 Å². The van der Waals surface area contributed by atoms with Crippen LogP contribution in [0.5, 0.6) is 23.0 Å². The van der Waals surface area contributed by atoms with E-state index in [0.29, 0.717) is 5.39 Å². The molecular weight excluding hydrogens is 424 g/mol. The zero-order valence-corrected chi connectivity index (χ0v) is 17.8. The predicted octanol–water partition coefficient (Wildman–Crippen LogP) is 0.683. The Bertz CT molecular complexity index is 1040. The maximum atomic E-state index is 12.8. The lowest BCUT2D eigenvalue weighted by molar-refractivity contribution is -0.281. The van der Waals surface area contributed by atoms with Crippen LogP contribution in [0.2, 0.25) is 0 Å². The number of aliphatic hydroxyl groups excluding tert-OH is 3. The molecule has 4 rings (SSSR count). The molecule has 0 aromatic heterocycles. The number of aliphatic hydroxyl groups is 3. The van der Waals surface area contributed by atoms with E-state index in [0.717, 1.165) is 0 Å². The number of fused-ring (bicyclic) bond motifs is 2. The Morgan fingerprint density at radius 3 is 2.47 bits per heavy atom. The van der Waals surface area contributed by atoms with Crippen LogP contribution in [0.25, 0.3) is 10.8 Å². The quantitative estimate of drug-likeness (QED) is 0.449. The summed E-state index contributed by atoms with van der Waals surface area (Å²) in [5.41, 5.74) is -0.00327. The summed E-state index contributed by atoms with van der Waals surface area (Å²) >= 11 is 0. The molecule has 0 aliphatic carbocycles. The van der Waals surface area contributed by atoms with Gasteiger partial charge < -0.3 is 44.5 Å². The van der Waals surface area contributed by atoms with E-state index in [4.69, 9.17) is 18.9 Å². The minimum atomic E-state index is -1.56. The Hall–Kier alpha value is -2.63. The Morgan fingerprint density at radius 1 is 1.09 bits per heavy atom. The highest BCUT2D eigenvalue weighted by molar-refractivity contribution is 6.10. The number of aromatic hydroxyl groups is 2. The van der Waals surface area contributed by atoms with Gasteiger partial charge in [0.2, 0.25) is 6.29 Å². The first-order valence-electron chi connectivity index (χ1n) is 10.2. The number of carbonyl (C=O) groups is 1. The van der Waals surface area contributed by atoms with Gasteiger partial charge in [0.25, 0.3) is 0 Å². The molecule has 0 bridgehead atoms. The number of hydrogen-bond donors (Lipinski definition) is 5. The molecule has 2 aliphatic heterocycles. The number of phenols is 2. The molecule has 10 heteroatoms. The van der Waals surface area contributed by atoms with Gasteiger partial charge in [-0.2, -0.15) is 0 Å². The van der Waals surface area contributed by atoms with Crippen molar-refractivity contribution in [2.45, 2.75) is 50.7 Å². The van der Waals surface area contributed by atoms with Crippen LogP contribution >= 0.6 is 0 Å². The summed E-state index contributed by atoms with van der Waals surface area (Å²) in [5.74, 6) is -1.30. The Labute approximate surface area is 183 Å². The molecule has 2 heterocycles. The van der Waals surface area contributed by atoms with Crippen LogP contribution < -0.4 is 9.47 Å². The van der Waals surface area contributed by atoms with Crippen LogP contribution in [0.1, 0.15) is 24.2 Å². The summed E-state index contributed by atoms with van der Waals surface area (Å²) in [7, 11) is 1.30. The van der Waals surface area contributed by atoms with E-state index < -0.39 is 55.1 Å². The number of phenolic OH excluding ortho intramolecular Hbond substituents is 2. The predicted molar refractivity (Wildman–Crippen MR) is 110 cm³/mol. The lowest BCUT2D eigenvalue weighted by Crippen LogP contribution is -2.60. The van der Waals surface area contributed by atoms with Crippen molar-refractivity contribution in [1.82, 2.24) is 0 Å². The first kappa shape index (κ1) is 22.6. The van der Waals surface area contributed by atoms with Gasteiger partial charge in [0.1, 0.15) is 59.1 Å². The summed E-state index contributed by atoms with van der Waals surface area (Å²) in [6, 6.07) is 4.07. The molecule has 32 heavy (non-hydrogen) atoms. The minimum Gasteiger partial charge on any atom is -0.508 e. The van der Waals surface area contributed by atoms with Gasteiger partial charge in [0, 0.05) is 13.2 Å². The normalized spacial score (nSPS) is 32.4. The zero-order valence-electron chi connectivity index (χ0n) is 17.8. The first-order chi connectivity index (χ1) is 15.2. The lowest BCUT2D eigenvalue weighted by Gasteiger charge is -2.41. The first-order valence-corrected chi connectivity index (χ1v) is 10.2. The summed E-state index contributed by atoms with van der Waals surface area (Å²) in [5, 5.41) is 52.0. The lowest BCUT2D eigenvalue weighted by atomic mass is 9.89. The fraction of sp³-hybridized carbons (Fsp3) is 0.500. The van der Waals surface area contributed by atoms with E-state index >= 15 is 0 Å². The van der Waals surface area contributed by atoms with E-state index in [9.17, 15) is 30.3 Å². The van der Waals surface area contributed by atoms with E-state index in [-0.39, 0.29) is 34.0 Å². The number of benzene rings is 2. The van der Waals surface area contributed by atoms with E-state index in [1.165, 1.54) is 25.3 Å². The van der Waals surface area contributed by atoms with Crippen molar-refractivity contribution in [2.24, 2.45) is 5.92 Å². The van der Waals surface area contributed by atoms with E-state index in [2.05, 4.69) is 0 Å². The maximum Gasteiger partial charge on any atom is 0.229 e. The zero-order chi connectivity index (χ0) is 23.3. The fourth-order valence-electron chi connectivity index (χ4n) is 4.18. The number of methoxy groups -OCH3 is 1. The van der Waals surface area contributed by atoms with Gasteiger partial charge in [-0.15, -0.1) is 0 Å². The van der Waals surface area contributed by atoms with Crippen LogP contribution in [-0.2, 0) is 9.47 Å². The van der Waals surface area contributed by atoms with Crippen LogP contribution in [0.15, 0.2) is 18.2 Å². The number of ether oxygens (including phenoxy) is 4. The second kappa shape index (κ2) is 8.38. The second-order valence-corrected chi connectivity index (χ2v) is 8.14. The molecule has 0 radical (unpaired) electrons. The van der Waals surface area contributed by atoms with Crippen molar-refractivity contribution in [3.05, 3.63) is 23.8 Å². The van der Waals surface area contributed by atoms with Gasteiger partial charge in [-0.25, -0.2) is 0 Å². The molecule has 1 fully saturated rings. The highest BCUT2D eigenvalue weighted by atomic mass is 16.7. The summed E-state index contributed by atoms with van der Waals surface area (Å²) in [6.07, 6.45) is -6.83. The summed E-state index contributed by atoms with van der Waals surface area (Å²) < 4.78 is 22.2. The Morgan fingerprint density at radius 2 is 1.81 bits per heavy atom. The third kappa shape index (κ3) is 3.54. The standard InChI is InChI=1S/C22H26O10/c1-8-9(2)30-12-5-10-4-11(24)6-13(15(10)18(26)16(12)17(8)25)31-22-20(28)19(27)21(29-3)14(7-23)32-22/h4-6,8-9,14,19-24,26-28H,7H2,1-3H3/t8-,9-,14+,19+,20+,21+,22-/m0/s1. The molecule has 2 aliphatic rings. The van der Waals surface area contributed by atoms with Gasteiger partial charge in [0.05, 0.1) is 17.9 Å². The molecular formula is C22H26O10. The average molecular weight is 450 g/mol. The minimum absolute atomic E-state index is 0.00327. The van der Waals surface area contributed by atoms with Crippen molar-refractivity contribution in [1.29, 1.82) is 0 Å². The van der Waals surface area contributed by atoms with Crippen molar-refractivity contribution in [3.8, 4) is 23.0 Å². The average Bonchev–Trinajstić information content (AvgIpc) is 2.74. The maximum absolute atomic E-state index is 12.8. The van der Waals surface area contributed by atoms with E-state index in [1.807, 2.05) is 0 Å². The van der Waals surface area contributed by atoms with Crippen molar-refractivity contribution in [3.63, 3.8) is 0 Å². The molecule has 0 saturated carbocycles. The van der Waals surface area contributed by atoms with Gasteiger partial charge in [-0.1, -0.05) is 6.92 Å². The highest BCUT2D eigenvalue weighted by Gasteiger charge is 2.46. The van der Waals surface area contributed by atoms with Gasteiger partial charge >= 0.3 is 0 Å². The third-order valence-electron chi connectivity index (χ3n) is 6.14. The van der Waals surface area contributed by atoms with Crippen molar-refractivity contribution >= 4 is 16.6 Å². The van der Waals surface area contributed by atoms with Crippen LogP contribution in [-0.4, -0.2) is 81.8 Å². The Balaban J connectivity index is 1.79. The van der Waals surface area contributed by atoms with Gasteiger partial charge in [0.15, 0.2) is 5.78 Å². The van der Waals surface area contributed by atoms with Gasteiger partial charge in [-0.05, 0) is 24.4 Å². The number of rotatable bonds is 4. The monoisotopic (exact) mass is 450 g/mol. The molecule has 2 aromatic carbocycles. The molecule has 0 unspecified atom stereocenters. The fourth-order valence-corrected chi connectivity index (χ4v) is 4.18. The molecule has 1 saturated heterocycles. The summed E-state index contributed by atoms with van der Waals surface area (Å²) in [4.78, 5) is 12.8. The molecule has 7 atom stereocenters. The smallest absolute Gasteiger partial charge is 0.229 e. The van der Waals surface area contributed by atoms with Crippen molar-refractivity contribution < 1.29 is 49.3 Å². The van der Waals surface area contributed by atoms with Gasteiger partial charge in [-0.3, -0.25) is 4.79 Å². The number of carbonyl (C=O) groups excluding carboxylic acids is 1. The Kier molecular flexibility index (Phi) is 5.91. The van der Waals surface area contributed by atoms with Crippen LogP contribution in [0, 0.1) is 5.92 Å². The van der Waals surface area contributed by atoms with Crippen LogP contribution in [0.3, 0.4) is 0 Å².